The molecule has 1 fully saturated rings. The Morgan fingerprint density at radius 3 is 2.71 bits per heavy atom. The highest BCUT2D eigenvalue weighted by Gasteiger charge is 2.57. The van der Waals surface area contributed by atoms with Crippen LogP contribution in [0.2, 0.25) is 0 Å². The number of hydrogen-bond acceptors (Lipinski definition) is 9. The van der Waals surface area contributed by atoms with Crippen molar-refractivity contribution in [3.05, 3.63) is 57.3 Å². The molecule has 0 spiro atoms. The number of ketones is 1. The topological polar surface area (TPSA) is 140 Å². The van der Waals surface area contributed by atoms with Gasteiger partial charge in [0, 0.05) is 17.7 Å². The molecule has 1 unspecified atom stereocenters. The van der Waals surface area contributed by atoms with Gasteiger partial charge in [0.2, 0.25) is 11.7 Å². The number of methoxy groups -OCH3 is 1. The number of thioether (sulfide) groups is 1. The van der Waals surface area contributed by atoms with E-state index in [2.05, 4.69) is 4.74 Å². The van der Waals surface area contributed by atoms with Gasteiger partial charge in [0.05, 0.1) is 12.5 Å². The van der Waals surface area contributed by atoms with Gasteiger partial charge in [-0.05, 0) is 29.2 Å². The molecule has 3 N–H and O–H groups in total. The Balaban J connectivity index is 1.59. The summed E-state index contributed by atoms with van der Waals surface area (Å²) in [5.74, 6) is -3.42. The van der Waals surface area contributed by atoms with Crippen LogP contribution in [0, 0.1) is 5.92 Å². The van der Waals surface area contributed by atoms with Crippen molar-refractivity contribution in [3.8, 4) is 0 Å². The van der Waals surface area contributed by atoms with Crippen molar-refractivity contribution >= 4 is 46.7 Å². The molecule has 0 bridgehead atoms. The maximum absolute atomic E-state index is 12.8. The molecule has 2 aromatic heterocycles. The third kappa shape index (κ3) is 3.80. The van der Waals surface area contributed by atoms with E-state index in [1.165, 1.54) is 42.3 Å². The van der Waals surface area contributed by atoms with Gasteiger partial charge >= 0.3 is 11.9 Å². The van der Waals surface area contributed by atoms with Gasteiger partial charge in [0.25, 0.3) is 0 Å². The van der Waals surface area contributed by atoms with Crippen LogP contribution in [0.5, 0.6) is 0 Å². The average molecular weight is 463 g/mol. The summed E-state index contributed by atoms with van der Waals surface area (Å²) in [6.07, 6.45) is 0.118. The zero-order chi connectivity index (χ0) is 22.3. The van der Waals surface area contributed by atoms with Gasteiger partial charge in [-0.3, -0.25) is 14.5 Å². The molecule has 0 saturated carbocycles. The van der Waals surface area contributed by atoms with E-state index < -0.39 is 34.5 Å². The number of esters is 1. The maximum atomic E-state index is 12.8. The Morgan fingerprint density at radius 1 is 1.29 bits per heavy atom. The summed E-state index contributed by atoms with van der Waals surface area (Å²) in [7, 11) is 1.22. The van der Waals surface area contributed by atoms with Gasteiger partial charge in [0.15, 0.2) is 5.78 Å². The molecule has 0 radical (unpaired) electrons. The first-order chi connectivity index (χ1) is 14.8. The molecule has 31 heavy (non-hydrogen) atoms. The molecule has 4 rings (SSSR count). The van der Waals surface area contributed by atoms with Gasteiger partial charge < -0.3 is 20.0 Å². The van der Waals surface area contributed by atoms with Crippen LogP contribution in [-0.4, -0.2) is 51.5 Å². The van der Waals surface area contributed by atoms with E-state index in [1.54, 1.807) is 0 Å². The third-order valence-corrected chi connectivity index (χ3v) is 7.32. The number of carboxylic acids is 1. The number of carbonyl (C=O) groups excluding carboxylic acids is 3. The van der Waals surface area contributed by atoms with E-state index in [0.29, 0.717) is 5.76 Å². The number of Topliss-reactive ketones (excluding diaryl/α,β-unsaturated/α-hetero) is 1. The number of hydrogen-bond donors (Lipinski definition) is 2. The normalized spacial score (nSPS) is 22.7. The second-order valence-corrected chi connectivity index (χ2v) is 9.26. The van der Waals surface area contributed by atoms with Crippen molar-refractivity contribution in [1.82, 2.24) is 4.90 Å². The van der Waals surface area contributed by atoms with Crippen molar-refractivity contribution in [1.29, 1.82) is 0 Å². The number of nitrogens with two attached hydrogens (primary N) is 1. The number of furan rings is 1. The summed E-state index contributed by atoms with van der Waals surface area (Å²) < 4.78 is 10.0. The third-order valence-electron chi connectivity index (χ3n) is 5.11. The minimum atomic E-state index is -1.31. The fourth-order valence-electron chi connectivity index (χ4n) is 3.65. The molecule has 1 saturated heterocycles. The van der Waals surface area contributed by atoms with Crippen molar-refractivity contribution in [2.45, 2.75) is 23.6 Å². The predicted octanol–water partition coefficient (Wildman–Crippen LogP) is 1.64. The van der Waals surface area contributed by atoms with Crippen LogP contribution in [0.1, 0.15) is 21.2 Å². The van der Waals surface area contributed by atoms with E-state index in [1.807, 2.05) is 17.5 Å². The Labute approximate surface area is 184 Å². The van der Waals surface area contributed by atoms with Crippen LogP contribution in [0.25, 0.3) is 0 Å². The number of nitrogens with zero attached hydrogens (tertiary/aromatic N) is 1. The average Bonchev–Trinajstić information content (AvgIpc) is 3.40. The largest absolute Gasteiger partial charge is 0.477 e. The van der Waals surface area contributed by atoms with Crippen molar-refractivity contribution < 1.29 is 33.4 Å². The highest BCUT2D eigenvalue weighted by molar-refractivity contribution is 8.00. The van der Waals surface area contributed by atoms with Crippen LogP contribution in [0.3, 0.4) is 0 Å². The minimum Gasteiger partial charge on any atom is -0.477 e. The Bertz CT molecular complexity index is 1090. The molecular weight excluding hydrogens is 444 g/mol. The summed E-state index contributed by atoms with van der Waals surface area (Å²) >= 11 is 2.59. The monoisotopic (exact) mass is 462 g/mol. The number of β-lactam (4-membered cyclic amide) rings is 1. The number of carbonyl (C=O) groups is 4. The van der Waals surface area contributed by atoms with Crippen molar-refractivity contribution in [3.63, 3.8) is 0 Å². The molecule has 11 heteroatoms. The van der Waals surface area contributed by atoms with Crippen molar-refractivity contribution in [2.75, 3.05) is 7.11 Å². The van der Waals surface area contributed by atoms with Crippen LogP contribution < -0.4 is 5.73 Å². The fourth-order valence-corrected chi connectivity index (χ4v) is 5.78. The smallest absolute Gasteiger partial charge is 0.373 e. The van der Waals surface area contributed by atoms with E-state index in [-0.39, 0.29) is 35.7 Å². The quantitative estimate of drug-likeness (QED) is 0.357. The van der Waals surface area contributed by atoms with Crippen molar-refractivity contribution in [2.24, 2.45) is 11.7 Å². The maximum Gasteiger partial charge on any atom is 0.373 e. The summed E-state index contributed by atoms with van der Waals surface area (Å²) in [5, 5.41) is 10.2. The van der Waals surface area contributed by atoms with E-state index >= 15 is 0 Å². The number of aliphatic carboxylic acids is 1. The lowest BCUT2D eigenvalue weighted by Crippen LogP contribution is -2.65. The zero-order valence-corrected chi connectivity index (χ0v) is 17.9. The summed E-state index contributed by atoms with van der Waals surface area (Å²) in [5.41, 5.74) is 6.28. The molecule has 2 aliphatic rings. The van der Waals surface area contributed by atoms with Gasteiger partial charge in [-0.15, -0.1) is 23.1 Å². The van der Waals surface area contributed by atoms with E-state index in [9.17, 15) is 24.3 Å². The number of ether oxygens (including phenoxy) is 1. The van der Waals surface area contributed by atoms with Crippen LogP contribution >= 0.6 is 23.1 Å². The summed E-state index contributed by atoms with van der Waals surface area (Å²) in [6, 6.07) is 6.58. The highest BCUT2D eigenvalue weighted by Crippen LogP contribution is 2.47. The lowest BCUT2D eigenvalue weighted by molar-refractivity contribution is -0.156. The van der Waals surface area contributed by atoms with Gasteiger partial charge in [-0.1, -0.05) is 6.07 Å². The summed E-state index contributed by atoms with van der Waals surface area (Å²) in [4.78, 5) is 51.1. The lowest BCUT2D eigenvalue weighted by atomic mass is 9.89. The number of carboxylic acid groups (broad SMARTS) is 1. The fraction of sp³-hybridized carbons (Fsp3) is 0.300. The number of rotatable bonds is 7. The Hall–Kier alpha value is -2.89. The van der Waals surface area contributed by atoms with Gasteiger partial charge in [-0.2, -0.15) is 0 Å². The molecule has 1 amide bonds. The number of thiophene rings is 1. The minimum absolute atomic E-state index is 0.00287. The first-order valence-electron chi connectivity index (χ1n) is 9.24. The predicted molar refractivity (Wildman–Crippen MR) is 111 cm³/mol. The molecular formula is C20H18N2O7S2. The first kappa shape index (κ1) is 21.3. The first-order valence-corrected chi connectivity index (χ1v) is 11.1. The van der Waals surface area contributed by atoms with Gasteiger partial charge in [-0.25, -0.2) is 9.59 Å². The summed E-state index contributed by atoms with van der Waals surface area (Å²) in [6.45, 7) is 0. The van der Waals surface area contributed by atoms with Gasteiger partial charge in [0.1, 0.15) is 22.7 Å². The molecule has 2 aromatic rings. The Morgan fingerprint density at radius 2 is 2.06 bits per heavy atom. The second-order valence-electron chi connectivity index (χ2n) is 6.97. The number of amides is 1. The van der Waals surface area contributed by atoms with Crippen LogP contribution in [0.4, 0.5) is 0 Å². The molecule has 2 aliphatic heterocycles. The highest BCUT2D eigenvalue weighted by atomic mass is 32.2. The molecule has 162 valence electrons. The second kappa shape index (κ2) is 8.33. The molecule has 4 heterocycles. The van der Waals surface area contributed by atoms with Crippen LogP contribution in [0.15, 0.2) is 45.3 Å². The molecule has 0 aromatic carbocycles. The Kier molecular flexibility index (Phi) is 5.73. The van der Waals surface area contributed by atoms with E-state index in [4.69, 9.17) is 10.2 Å². The molecule has 3 atom stereocenters. The lowest BCUT2D eigenvalue weighted by Gasteiger charge is -2.50. The molecule has 0 aliphatic carbocycles. The molecule has 9 nitrogen and oxygen atoms in total. The van der Waals surface area contributed by atoms with Crippen LogP contribution in [-0.2, 0) is 32.0 Å². The SMILES string of the molecule is COC(=O)c1ccc(CC2=C(C(=O)O)N3C(=O)[C@@H](C(=O)Cc4cccs4)[C@H]3SC2N)o1. The standard InChI is InChI=1S/C20H18N2O7S2/c1-28-20(27)13-5-4-9(29-13)7-11-15(19(25)26)22-17(24)14(18(22)31-16(11)21)12(23)8-10-3-2-6-30-10/h2-6,14,16,18H,7-8,21H2,1H3,(H,25,26)/t14-,16?,18-/m1/s1. The number of fused-ring (bicyclic) bond motifs is 1. The van der Waals surface area contributed by atoms with E-state index in [0.717, 1.165) is 9.78 Å². The zero-order valence-electron chi connectivity index (χ0n) is 16.3.